The lowest BCUT2D eigenvalue weighted by molar-refractivity contribution is -0.146. The van der Waals surface area contributed by atoms with Crippen molar-refractivity contribution in [1.82, 2.24) is 0 Å². The van der Waals surface area contributed by atoms with Crippen LogP contribution in [-0.4, -0.2) is 38.4 Å². The molecule has 0 bridgehead atoms. The molecule has 0 saturated carbocycles. The van der Waals surface area contributed by atoms with Gasteiger partial charge in [0.1, 0.15) is 13.2 Å². The van der Waals surface area contributed by atoms with Gasteiger partial charge in [0.05, 0.1) is 13.2 Å². The second kappa shape index (κ2) is 11.6. The molecule has 0 radical (unpaired) electrons. The summed E-state index contributed by atoms with van der Waals surface area (Å²) in [5.41, 5.74) is 1.34. The Labute approximate surface area is 168 Å². The number of rotatable bonds is 10. The lowest BCUT2D eigenvalue weighted by Gasteiger charge is -2.11. The highest BCUT2D eigenvalue weighted by Crippen LogP contribution is 2.22. The molecule has 27 heavy (non-hydrogen) atoms. The van der Waals surface area contributed by atoms with Gasteiger partial charge in [-0.1, -0.05) is 60.7 Å². The van der Waals surface area contributed by atoms with E-state index >= 15 is 0 Å². The first-order valence-electron chi connectivity index (χ1n) is 8.38. The van der Waals surface area contributed by atoms with Crippen molar-refractivity contribution in [3.63, 3.8) is 0 Å². The van der Waals surface area contributed by atoms with Gasteiger partial charge in [-0.2, -0.15) is 0 Å². The quantitative estimate of drug-likeness (QED) is 0.335. The third-order valence-corrected chi connectivity index (χ3v) is 4.40. The molecular formula is C20H20Cl2O5. The van der Waals surface area contributed by atoms with Gasteiger partial charge in [-0.15, -0.1) is 23.2 Å². The lowest BCUT2D eigenvalue weighted by Crippen LogP contribution is -2.18. The average molecular weight is 411 g/mol. The molecule has 2 aromatic rings. The van der Waals surface area contributed by atoms with Crippen LogP contribution in [-0.2, 0) is 23.8 Å². The molecule has 7 heteroatoms. The Morgan fingerprint density at radius 1 is 0.667 bits per heavy atom. The summed E-state index contributed by atoms with van der Waals surface area (Å²) in [6.07, 6.45) is 0. The molecule has 0 aliphatic rings. The first kappa shape index (κ1) is 21.2. The van der Waals surface area contributed by atoms with Crippen molar-refractivity contribution in [2.45, 2.75) is 10.8 Å². The highest BCUT2D eigenvalue weighted by Gasteiger charge is 2.19. The Morgan fingerprint density at radius 3 is 1.41 bits per heavy atom. The molecule has 5 nitrogen and oxygen atoms in total. The van der Waals surface area contributed by atoms with Crippen LogP contribution in [0.25, 0.3) is 0 Å². The molecule has 0 spiro atoms. The van der Waals surface area contributed by atoms with Crippen molar-refractivity contribution in [2.24, 2.45) is 0 Å². The van der Waals surface area contributed by atoms with E-state index < -0.39 is 22.7 Å². The maximum Gasteiger partial charge on any atom is 0.328 e. The van der Waals surface area contributed by atoms with Crippen molar-refractivity contribution < 1.29 is 23.8 Å². The number of hydrogen-bond acceptors (Lipinski definition) is 5. The highest BCUT2D eigenvalue weighted by molar-refractivity contribution is 6.30. The SMILES string of the molecule is O=C(OCCOCCOC(=O)C(Cl)c1ccccc1)C(Cl)c1ccccc1. The summed E-state index contributed by atoms with van der Waals surface area (Å²) in [6.45, 7) is 0.464. The second-order valence-electron chi connectivity index (χ2n) is 5.49. The van der Waals surface area contributed by atoms with Crippen LogP contribution in [0, 0.1) is 0 Å². The predicted octanol–water partition coefficient (Wildman–Crippen LogP) is 4.05. The number of carbonyl (C=O) groups excluding carboxylic acids is 2. The van der Waals surface area contributed by atoms with Crippen LogP contribution in [0.2, 0.25) is 0 Å². The molecule has 0 heterocycles. The second-order valence-corrected chi connectivity index (χ2v) is 6.37. The van der Waals surface area contributed by atoms with Crippen LogP contribution in [0.5, 0.6) is 0 Å². The van der Waals surface area contributed by atoms with Gasteiger partial charge in [-0.05, 0) is 11.1 Å². The number of carbonyl (C=O) groups is 2. The summed E-state index contributed by atoms with van der Waals surface area (Å²) < 4.78 is 15.4. The molecular weight excluding hydrogens is 391 g/mol. The Balaban J connectivity index is 1.56. The summed E-state index contributed by atoms with van der Waals surface area (Å²) in [6, 6.07) is 17.9. The minimum absolute atomic E-state index is 0.0605. The smallest absolute Gasteiger partial charge is 0.328 e. The first-order chi connectivity index (χ1) is 13.1. The Bertz CT molecular complexity index is 647. The molecule has 0 saturated heterocycles. The summed E-state index contributed by atoms with van der Waals surface area (Å²) in [5, 5.41) is -1.71. The van der Waals surface area contributed by atoms with Crippen LogP contribution in [0.3, 0.4) is 0 Å². The van der Waals surface area contributed by atoms with Gasteiger partial charge in [0.2, 0.25) is 0 Å². The summed E-state index contributed by atoms with van der Waals surface area (Å²) >= 11 is 12.1. The Kier molecular flexibility index (Phi) is 9.11. The van der Waals surface area contributed by atoms with Crippen LogP contribution >= 0.6 is 23.2 Å². The molecule has 0 aromatic heterocycles. The molecule has 0 N–H and O–H groups in total. The molecule has 2 unspecified atom stereocenters. The Hall–Kier alpha value is -2.08. The zero-order valence-corrected chi connectivity index (χ0v) is 16.1. The fourth-order valence-electron chi connectivity index (χ4n) is 2.17. The average Bonchev–Trinajstić information content (AvgIpc) is 2.72. The molecule has 2 atom stereocenters. The van der Waals surface area contributed by atoms with Crippen molar-refractivity contribution in [2.75, 3.05) is 26.4 Å². The number of ether oxygens (including phenoxy) is 3. The van der Waals surface area contributed by atoms with Gasteiger partial charge in [0.15, 0.2) is 10.8 Å². The largest absolute Gasteiger partial charge is 0.462 e. The minimum Gasteiger partial charge on any atom is -0.462 e. The van der Waals surface area contributed by atoms with Crippen molar-refractivity contribution in [1.29, 1.82) is 0 Å². The van der Waals surface area contributed by atoms with E-state index in [0.29, 0.717) is 11.1 Å². The number of esters is 2. The van der Waals surface area contributed by atoms with Crippen LogP contribution in [0.4, 0.5) is 0 Å². The normalized spacial score (nSPS) is 12.8. The topological polar surface area (TPSA) is 61.8 Å². The molecule has 0 fully saturated rings. The summed E-state index contributed by atoms with van der Waals surface area (Å²) in [7, 11) is 0. The van der Waals surface area contributed by atoms with Crippen LogP contribution < -0.4 is 0 Å². The van der Waals surface area contributed by atoms with Gasteiger partial charge in [-0.3, -0.25) is 9.59 Å². The van der Waals surface area contributed by atoms with Gasteiger partial charge >= 0.3 is 11.9 Å². The standard InChI is InChI=1S/C20H20Cl2O5/c21-17(15-7-3-1-4-8-15)19(23)26-13-11-25-12-14-27-20(24)18(22)16-9-5-2-6-10-16/h1-10,17-18H,11-14H2. The van der Waals surface area contributed by atoms with E-state index in [4.69, 9.17) is 37.4 Å². The third-order valence-electron chi connectivity index (χ3n) is 3.54. The fraction of sp³-hybridized carbons (Fsp3) is 0.300. The van der Waals surface area contributed by atoms with Crippen LogP contribution in [0.15, 0.2) is 60.7 Å². The van der Waals surface area contributed by atoms with Gasteiger partial charge in [0.25, 0.3) is 0 Å². The zero-order valence-electron chi connectivity index (χ0n) is 14.6. The van der Waals surface area contributed by atoms with E-state index in [1.807, 2.05) is 12.1 Å². The van der Waals surface area contributed by atoms with Crippen LogP contribution in [0.1, 0.15) is 21.9 Å². The monoisotopic (exact) mass is 410 g/mol. The first-order valence-corrected chi connectivity index (χ1v) is 9.26. The number of alkyl halides is 2. The molecule has 0 aliphatic carbocycles. The van der Waals surface area contributed by atoms with E-state index in [0.717, 1.165) is 0 Å². The van der Waals surface area contributed by atoms with Crippen molar-refractivity contribution in [3.05, 3.63) is 71.8 Å². The summed E-state index contributed by atoms with van der Waals surface area (Å²) in [4.78, 5) is 23.7. The maximum absolute atomic E-state index is 11.8. The van der Waals surface area contributed by atoms with E-state index in [1.165, 1.54) is 0 Å². The fourth-order valence-corrected chi connectivity index (χ4v) is 2.58. The maximum atomic E-state index is 11.8. The van der Waals surface area contributed by atoms with E-state index in [9.17, 15) is 9.59 Å². The number of hydrogen-bond donors (Lipinski definition) is 0. The van der Waals surface area contributed by atoms with E-state index in [1.54, 1.807) is 48.5 Å². The van der Waals surface area contributed by atoms with E-state index in [2.05, 4.69) is 0 Å². The molecule has 0 amide bonds. The highest BCUT2D eigenvalue weighted by atomic mass is 35.5. The Morgan fingerprint density at radius 2 is 1.04 bits per heavy atom. The molecule has 2 aromatic carbocycles. The van der Waals surface area contributed by atoms with Gasteiger partial charge in [-0.25, -0.2) is 0 Å². The minimum atomic E-state index is -0.856. The molecule has 2 rings (SSSR count). The van der Waals surface area contributed by atoms with Gasteiger partial charge < -0.3 is 14.2 Å². The zero-order chi connectivity index (χ0) is 19.5. The lowest BCUT2D eigenvalue weighted by atomic mass is 10.1. The third kappa shape index (κ3) is 7.21. The number of halogens is 2. The predicted molar refractivity (Wildman–Crippen MR) is 103 cm³/mol. The van der Waals surface area contributed by atoms with Crippen molar-refractivity contribution >= 4 is 35.1 Å². The number of benzene rings is 2. The van der Waals surface area contributed by atoms with E-state index in [-0.39, 0.29) is 26.4 Å². The summed E-state index contributed by atoms with van der Waals surface area (Å²) in [5.74, 6) is -1.07. The van der Waals surface area contributed by atoms with Crippen molar-refractivity contribution in [3.8, 4) is 0 Å². The molecule has 144 valence electrons. The molecule has 0 aliphatic heterocycles. The van der Waals surface area contributed by atoms with Gasteiger partial charge in [0, 0.05) is 0 Å².